The Hall–Kier alpha value is -3.90. The van der Waals surface area contributed by atoms with Gasteiger partial charge in [0.25, 0.3) is 5.91 Å². The van der Waals surface area contributed by atoms with E-state index in [4.69, 9.17) is 19.3 Å². The van der Waals surface area contributed by atoms with Crippen molar-refractivity contribution in [3.05, 3.63) is 60.3 Å². The number of aromatic nitrogens is 2. The van der Waals surface area contributed by atoms with Crippen molar-refractivity contribution in [2.24, 2.45) is 0 Å². The van der Waals surface area contributed by atoms with E-state index in [0.29, 0.717) is 22.8 Å². The van der Waals surface area contributed by atoms with Crippen molar-refractivity contribution in [3.63, 3.8) is 0 Å². The van der Waals surface area contributed by atoms with E-state index in [1.54, 1.807) is 13.0 Å². The fourth-order valence-corrected chi connectivity index (χ4v) is 3.54. The zero-order valence-electron chi connectivity index (χ0n) is 18.6. The molecule has 3 aromatic rings. The molecule has 0 saturated carbocycles. The second kappa shape index (κ2) is 10.4. The fraction of sp³-hybridized carbons (Fsp3) is 0.227. The molecule has 0 fully saturated rings. The molecule has 1 amide bonds. The lowest BCUT2D eigenvalue weighted by Crippen LogP contribution is -2.19. The van der Waals surface area contributed by atoms with Crippen LogP contribution in [0.3, 0.4) is 0 Å². The topological polar surface area (TPSA) is 146 Å². The number of rotatable bonds is 9. The van der Waals surface area contributed by atoms with Crippen LogP contribution in [0.2, 0.25) is 0 Å². The Kier molecular flexibility index (Phi) is 7.54. The molecule has 0 aliphatic carbocycles. The maximum Gasteiger partial charge on any atom is 0.432 e. The van der Waals surface area contributed by atoms with Gasteiger partial charge in [0, 0.05) is 37.3 Å². The van der Waals surface area contributed by atoms with Crippen molar-refractivity contribution in [1.82, 2.24) is 9.78 Å². The molecule has 11 nitrogen and oxygen atoms in total. The number of hydrogen-bond acceptors (Lipinski definition) is 8. The number of carbonyl (C=O) groups excluding carboxylic acids is 1. The van der Waals surface area contributed by atoms with Crippen LogP contribution in [-0.2, 0) is 14.6 Å². The van der Waals surface area contributed by atoms with Crippen LogP contribution < -0.4 is 14.8 Å². The van der Waals surface area contributed by atoms with Crippen molar-refractivity contribution < 1.29 is 37.3 Å². The number of methoxy groups -OCH3 is 1. The van der Waals surface area contributed by atoms with Gasteiger partial charge in [-0.1, -0.05) is 0 Å². The molecule has 0 saturated heterocycles. The molecule has 180 valence electrons. The number of sulfone groups is 1. The Bertz CT molecular complexity index is 1290. The van der Waals surface area contributed by atoms with Gasteiger partial charge in [-0.3, -0.25) is 4.79 Å². The summed E-state index contributed by atoms with van der Waals surface area (Å²) in [5.41, 5.74) is 0.162. The average Bonchev–Trinajstić information content (AvgIpc) is 3.22. The van der Waals surface area contributed by atoms with Crippen LogP contribution in [0.5, 0.6) is 17.2 Å². The zero-order valence-corrected chi connectivity index (χ0v) is 19.4. The number of benzene rings is 2. The molecule has 0 aliphatic rings. The summed E-state index contributed by atoms with van der Waals surface area (Å²) in [6.07, 6.45) is 0.686. The molecule has 2 N–H and O–H groups in total. The highest BCUT2D eigenvalue weighted by molar-refractivity contribution is 7.90. The van der Waals surface area contributed by atoms with Gasteiger partial charge in [-0.15, -0.1) is 5.10 Å². The van der Waals surface area contributed by atoms with Crippen molar-refractivity contribution in [1.29, 1.82) is 0 Å². The maximum atomic E-state index is 12.8. The number of anilines is 1. The summed E-state index contributed by atoms with van der Waals surface area (Å²) >= 11 is 0. The van der Waals surface area contributed by atoms with E-state index in [1.165, 1.54) is 55.8 Å². The van der Waals surface area contributed by atoms with Crippen LogP contribution >= 0.6 is 0 Å². The number of hydrogen-bond donors (Lipinski definition) is 2. The Morgan fingerprint density at radius 2 is 1.76 bits per heavy atom. The predicted molar refractivity (Wildman–Crippen MR) is 122 cm³/mol. The number of ether oxygens (including phenoxy) is 3. The third-order valence-corrected chi connectivity index (χ3v) is 5.52. The minimum Gasteiger partial charge on any atom is -0.488 e. The monoisotopic (exact) mass is 489 g/mol. The first-order valence-corrected chi connectivity index (χ1v) is 11.8. The molecule has 0 bridgehead atoms. The molecule has 2 aromatic carbocycles. The Balaban J connectivity index is 1.87. The Morgan fingerprint density at radius 1 is 1.09 bits per heavy atom. The molecular formula is C22H23N3O8S. The summed E-state index contributed by atoms with van der Waals surface area (Å²) < 4.78 is 40.7. The standard InChI is InChI=1S/C22H23N3O8S/c1-14(13-31-2)32-17-10-15(21(26)23-20-8-9-25(24-20)22(27)28)11-18(12-17)33-16-4-6-19(7-5-16)34(3,29)30/h4-12,14H,13H2,1-3H3,(H,27,28)(H,23,24,26)/t14-/m0/s1. The average molecular weight is 490 g/mol. The Labute approximate surface area is 195 Å². The van der Waals surface area contributed by atoms with E-state index in [0.717, 1.165) is 6.26 Å². The second-order valence-electron chi connectivity index (χ2n) is 7.30. The third kappa shape index (κ3) is 6.56. The number of nitrogens with one attached hydrogen (secondary N) is 1. The highest BCUT2D eigenvalue weighted by Crippen LogP contribution is 2.29. The summed E-state index contributed by atoms with van der Waals surface area (Å²) in [5, 5.41) is 15.2. The number of carboxylic acid groups (broad SMARTS) is 1. The molecule has 0 spiro atoms. The van der Waals surface area contributed by atoms with E-state index in [9.17, 15) is 18.0 Å². The third-order valence-electron chi connectivity index (χ3n) is 4.40. The van der Waals surface area contributed by atoms with Gasteiger partial charge in [0.05, 0.1) is 11.5 Å². The molecule has 0 unspecified atom stereocenters. The van der Waals surface area contributed by atoms with Gasteiger partial charge in [-0.2, -0.15) is 4.68 Å². The minimum atomic E-state index is -3.35. The molecule has 12 heteroatoms. The van der Waals surface area contributed by atoms with Crippen LogP contribution in [0.1, 0.15) is 17.3 Å². The minimum absolute atomic E-state index is 0.0466. The second-order valence-corrected chi connectivity index (χ2v) is 9.32. The van der Waals surface area contributed by atoms with E-state index in [2.05, 4.69) is 10.4 Å². The number of nitrogens with zero attached hydrogens (tertiary/aromatic N) is 2. The van der Waals surface area contributed by atoms with Gasteiger partial charge in [0.1, 0.15) is 23.4 Å². The van der Waals surface area contributed by atoms with Crippen molar-refractivity contribution in [2.75, 3.05) is 25.3 Å². The van der Waals surface area contributed by atoms with E-state index >= 15 is 0 Å². The summed E-state index contributed by atoms with van der Waals surface area (Å²) in [5.74, 6) is 0.413. The van der Waals surface area contributed by atoms with E-state index in [1.807, 2.05) is 0 Å². The highest BCUT2D eigenvalue weighted by atomic mass is 32.2. The molecule has 0 aliphatic heterocycles. The summed E-state index contributed by atoms with van der Waals surface area (Å²) in [4.78, 5) is 23.9. The summed E-state index contributed by atoms with van der Waals surface area (Å²) in [6, 6.07) is 11.7. The van der Waals surface area contributed by atoms with E-state index in [-0.39, 0.29) is 28.1 Å². The quantitative estimate of drug-likeness (QED) is 0.462. The van der Waals surface area contributed by atoms with Crippen LogP contribution in [0, 0.1) is 0 Å². The molecule has 0 radical (unpaired) electrons. The maximum absolute atomic E-state index is 12.8. The van der Waals surface area contributed by atoms with Gasteiger partial charge in [-0.05, 0) is 43.3 Å². The van der Waals surface area contributed by atoms with Crippen molar-refractivity contribution in [2.45, 2.75) is 17.9 Å². The lowest BCUT2D eigenvalue weighted by atomic mass is 10.2. The van der Waals surface area contributed by atoms with Crippen LogP contribution in [0.25, 0.3) is 0 Å². The lowest BCUT2D eigenvalue weighted by molar-refractivity contribution is 0.0915. The first-order chi connectivity index (χ1) is 16.0. The Morgan fingerprint density at radius 3 is 2.35 bits per heavy atom. The molecule has 1 heterocycles. The largest absolute Gasteiger partial charge is 0.488 e. The number of amides is 1. The van der Waals surface area contributed by atoms with Crippen LogP contribution in [-0.4, -0.2) is 61.4 Å². The van der Waals surface area contributed by atoms with E-state index < -0.39 is 21.8 Å². The highest BCUT2D eigenvalue weighted by Gasteiger charge is 2.15. The SMILES string of the molecule is COC[C@H](C)Oc1cc(Oc2ccc(S(C)(=O)=O)cc2)cc(C(=O)Nc2ccn(C(=O)O)n2)c1. The molecule has 1 atom stereocenters. The molecule has 34 heavy (non-hydrogen) atoms. The lowest BCUT2D eigenvalue weighted by Gasteiger charge is -2.16. The number of carbonyl (C=O) groups is 2. The predicted octanol–water partition coefficient (Wildman–Crippen LogP) is 3.27. The zero-order chi connectivity index (χ0) is 24.9. The molecule has 3 rings (SSSR count). The van der Waals surface area contributed by atoms with Crippen molar-refractivity contribution in [3.8, 4) is 17.2 Å². The van der Waals surface area contributed by atoms with Crippen LogP contribution in [0.15, 0.2) is 59.6 Å². The summed E-state index contributed by atoms with van der Waals surface area (Å²) in [6.45, 7) is 2.10. The molecular weight excluding hydrogens is 466 g/mol. The smallest absolute Gasteiger partial charge is 0.432 e. The van der Waals surface area contributed by atoms with Gasteiger partial charge >= 0.3 is 6.09 Å². The first kappa shape index (κ1) is 24.7. The van der Waals surface area contributed by atoms with Crippen LogP contribution in [0.4, 0.5) is 10.6 Å². The van der Waals surface area contributed by atoms with Gasteiger partial charge in [-0.25, -0.2) is 13.2 Å². The fourth-order valence-electron chi connectivity index (χ4n) is 2.91. The van der Waals surface area contributed by atoms with Gasteiger partial charge < -0.3 is 24.6 Å². The van der Waals surface area contributed by atoms with Crippen molar-refractivity contribution >= 4 is 27.7 Å². The normalized spacial score (nSPS) is 12.1. The van der Waals surface area contributed by atoms with Gasteiger partial charge in [0.15, 0.2) is 15.7 Å². The summed E-state index contributed by atoms with van der Waals surface area (Å²) in [7, 11) is -1.82. The molecule has 1 aromatic heterocycles. The first-order valence-electron chi connectivity index (χ1n) is 9.94. The van der Waals surface area contributed by atoms with Gasteiger partial charge in [0.2, 0.25) is 0 Å².